The Balaban J connectivity index is 3.12. The molecule has 3 nitrogen and oxygen atoms in total. The minimum atomic E-state index is -3.49. The van der Waals surface area contributed by atoms with Crippen LogP contribution >= 0.6 is 23.2 Å². The van der Waals surface area contributed by atoms with Crippen molar-refractivity contribution in [2.75, 3.05) is 12.4 Å². The Morgan fingerprint density at radius 1 is 1.24 bits per heavy atom. The van der Waals surface area contributed by atoms with Crippen LogP contribution in [0.4, 0.5) is 0 Å². The van der Waals surface area contributed by atoms with Gasteiger partial charge >= 0.3 is 0 Å². The second-order valence-electron chi connectivity index (χ2n) is 3.85. The molecule has 6 heteroatoms. The highest BCUT2D eigenvalue weighted by Crippen LogP contribution is 2.20. The molecule has 0 aliphatic carbocycles. The van der Waals surface area contributed by atoms with Crippen molar-refractivity contribution in [1.29, 1.82) is 0 Å². The molecule has 0 heterocycles. The number of rotatable bonds is 5. The molecule has 0 aromatic heterocycles. The maximum absolute atomic E-state index is 12.3. The summed E-state index contributed by atoms with van der Waals surface area (Å²) in [7, 11) is -3.49. The Morgan fingerprint density at radius 3 is 2.18 bits per heavy atom. The van der Waals surface area contributed by atoms with E-state index in [0.29, 0.717) is 11.6 Å². The minimum absolute atomic E-state index is 0.130. The van der Waals surface area contributed by atoms with Gasteiger partial charge in [0.15, 0.2) is 0 Å². The molecule has 0 N–H and O–H groups in total. The van der Waals surface area contributed by atoms with Crippen molar-refractivity contribution < 1.29 is 8.42 Å². The lowest BCUT2D eigenvalue weighted by molar-refractivity contribution is 0.370. The number of hydrogen-bond acceptors (Lipinski definition) is 2. The number of sulfonamides is 1. The zero-order valence-electron chi connectivity index (χ0n) is 9.73. The van der Waals surface area contributed by atoms with E-state index in [9.17, 15) is 8.42 Å². The molecule has 1 aromatic rings. The Hall–Kier alpha value is -0.290. The summed E-state index contributed by atoms with van der Waals surface area (Å²) in [6, 6.07) is 6.00. The van der Waals surface area contributed by atoms with Gasteiger partial charge in [0.05, 0.1) is 4.90 Å². The van der Waals surface area contributed by atoms with E-state index in [2.05, 4.69) is 0 Å². The van der Waals surface area contributed by atoms with Crippen molar-refractivity contribution in [3.63, 3.8) is 0 Å². The summed E-state index contributed by atoms with van der Waals surface area (Å²) in [4.78, 5) is 0.237. The molecule has 0 unspecified atom stereocenters. The third-order valence-electron chi connectivity index (χ3n) is 2.30. The molecule has 0 atom stereocenters. The van der Waals surface area contributed by atoms with Crippen LogP contribution in [0.5, 0.6) is 0 Å². The Morgan fingerprint density at radius 2 is 1.76 bits per heavy atom. The van der Waals surface area contributed by atoms with Crippen molar-refractivity contribution >= 4 is 33.2 Å². The van der Waals surface area contributed by atoms with Crippen molar-refractivity contribution in [2.24, 2.45) is 0 Å². The first-order valence-electron chi connectivity index (χ1n) is 5.23. The smallest absolute Gasteiger partial charge is 0.207 e. The van der Waals surface area contributed by atoms with Crippen molar-refractivity contribution in [1.82, 2.24) is 4.31 Å². The largest absolute Gasteiger partial charge is 0.243 e. The fourth-order valence-corrected chi connectivity index (χ4v) is 3.53. The number of halogens is 2. The van der Waals surface area contributed by atoms with Gasteiger partial charge in [-0.15, -0.1) is 11.6 Å². The summed E-state index contributed by atoms with van der Waals surface area (Å²) in [5.41, 5.74) is 0. The number of alkyl halides is 1. The van der Waals surface area contributed by atoms with Gasteiger partial charge in [-0.1, -0.05) is 11.6 Å². The maximum atomic E-state index is 12.3. The van der Waals surface area contributed by atoms with E-state index in [0.717, 1.165) is 0 Å². The highest BCUT2D eigenvalue weighted by molar-refractivity contribution is 7.89. The fourth-order valence-electron chi connectivity index (χ4n) is 1.48. The molecule has 0 bridgehead atoms. The lowest BCUT2D eigenvalue weighted by atomic mass is 10.4. The van der Waals surface area contributed by atoms with E-state index in [1.54, 1.807) is 12.1 Å². The fraction of sp³-hybridized carbons (Fsp3) is 0.455. The lowest BCUT2D eigenvalue weighted by Gasteiger charge is -2.25. The van der Waals surface area contributed by atoms with Crippen LogP contribution in [0.25, 0.3) is 0 Å². The van der Waals surface area contributed by atoms with E-state index in [-0.39, 0.29) is 16.8 Å². The van der Waals surface area contributed by atoms with Crippen LogP contribution in [0.3, 0.4) is 0 Å². The molecule has 1 rings (SSSR count). The summed E-state index contributed by atoms with van der Waals surface area (Å²) in [5.74, 6) is 0.269. The summed E-state index contributed by atoms with van der Waals surface area (Å²) in [6.07, 6.45) is 0. The van der Waals surface area contributed by atoms with Crippen molar-refractivity contribution in [3.8, 4) is 0 Å². The van der Waals surface area contributed by atoms with E-state index < -0.39 is 10.0 Å². The highest BCUT2D eigenvalue weighted by Gasteiger charge is 2.26. The average molecular weight is 296 g/mol. The predicted molar refractivity (Wildman–Crippen MR) is 71.2 cm³/mol. The topological polar surface area (TPSA) is 37.4 Å². The molecule has 0 spiro atoms. The van der Waals surface area contributed by atoms with E-state index in [1.807, 2.05) is 13.8 Å². The summed E-state index contributed by atoms with van der Waals surface area (Å²) in [5, 5.41) is 0.511. The molecule has 0 aliphatic rings. The first kappa shape index (κ1) is 14.8. The van der Waals surface area contributed by atoms with Gasteiger partial charge in [-0.05, 0) is 38.1 Å². The van der Waals surface area contributed by atoms with Crippen molar-refractivity contribution in [3.05, 3.63) is 29.3 Å². The van der Waals surface area contributed by atoms with E-state index in [1.165, 1.54) is 16.4 Å². The average Bonchev–Trinajstić information content (AvgIpc) is 2.25. The summed E-state index contributed by atoms with van der Waals surface area (Å²) in [6.45, 7) is 3.93. The molecule has 0 amide bonds. The normalized spacial score (nSPS) is 12.4. The van der Waals surface area contributed by atoms with Crippen LogP contribution in [0.15, 0.2) is 29.2 Å². The molecule has 0 fully saturated rings. The van der Waals surface area contributed by atoms with Crippen LogP contribution in [-0.2, 0) is 10.0 Å². The molecule has 96 valence electrons. The SMILES string of the molecule is CC(C)N(CCCl)S(=O)(=O)c1ccc(Cl)cc1. The summed E-state index contributed by atoms with van der Waals surface area (Å²) < 4.78 is 26.0. The van der Waals surface area contributed by atoms with Gasteiger partial charge in [0, 0.05) is 23.5 Å². The van der Waals surface area contributed by atoms with Crippen LogP contribution in [0.2, 0.25) is 5.02 Å². The zero-order valence-corrected chi connectivity index (χ0v) is 12.1. The van der Waals surface area contributed by atoms with E-state index in [4.69, 9.17) is 23.2 Å². The molecular formula is C11H15Cl2NO2S. The van der Waals surface area contributed by atoms with Crippen LogP contribution < -0.4 is 0 Å². The lowest BCUT2D eigenvalue weighted by Crippen LogP contribution is -2.38. The molecular weight excluding hydrogens is 281 g/mol. The third-order valence-corrected chi connectivity index (χ3v) is 4.81. The second-order valence-corrected chi connectivity index (χ2v) is 6.56. The third kappa shape index (κ3) is 3.58. The molecule has 0 saturated carbocycles. The number of hydrogen-bond donors (Lipinski definition) is 0. The quantitative estimate of drug-likeness (QED) is 0.783. The van der Waals surface area contributed by atoms with Crippen LogP contribution in [0, 0.1) is 0 Å². The standard InChI is InChI=1S/C11H15Cl2NO2S/c1-9(2)14(8-7-12)17(15,16)11-5-3-10(13)4-6-11/h3-6,9H,7-8H2,1-2H3. The van der Waals surface area contributed by atoms with Gasteiger partial charge < -0.3 is 0 Å². The van der Waals surface area contributed by atoms with Gasteiger partial charge in [-0.3, -0.25) is 0 Å². The van der Waals surface area contributed by atoms with Gasteiger partial charge in [0.25, 0.3) is 0 Å². The minimum Gasteiger partial charge on any atom is -0.207 e. The van der Waals surface area contributed by atoms with Crippen LogP contribution in [0.1, 0.15) is 13.8 Å². The molecule has 0 aliphatic heterocycles. The Bertz CT molecular complexity index is 457. The summed E-state index contributed by atoms with van der Waals surface area (Å²) >= 11 is 11.4. The Kier molecular flexibility index (Phi) is 5.25. The van der Waals surface area contributed by atoms with Gasteiger partial charge in [-0.25, -0.2) is 8.42 Å². The van der Waals surface area contributed by atoms with Crippen LogP contribution in [-0.4, -0.2) is 31.2 Å². The van der Waals surface area contributed by atoms with Gasteiger partial charge in [0.2, 0.25) is 10.0 Å². The maximum Gasteiger partial charge on any atom is 0.243 e. The number of benzene rings is 1. The van der Waals surface area contributed by atoms with Gasteiger partial charge in [0.1, 0.15) is 0 Å². The zero-order chi connectivity index (χ0) is 13.1. The first-order chi connectivity index (χ1) is 7.89. The molecule has 0 saturated heterocycles. The first-order valence-corrected chi connectivity index (χ1v) is 7.58. The van der Waals surface area contributed by atoms with E-state index >= 15 is 0 Å². The second kappa shape index (κ2) is 6.05. The molecule has 1 aromatic carbocycles. The monoisotopic (exact) mass is 295 g/mol. The van der Waals surface area contributed by atoms with Gasteiger partial charge in [-0.2, -0.15) is 4.31 Å². The molecule has 17 heavy (non-hydrogen) atoms. The van der Waals surface area contributed by atoms with Crippen molar-refractivity contribution in [2.45, 2.75) is 24.8 Å². The molecule has 0 radical (unpaired) electrons. The predicted octanol–water partition coefficient (Wildman–Crippen LogP) is 2.98. The Labute approximate surface area is 112 Å². The highest BCUT2D eigenvalue weighted by atomic mass is 35.5. The number of nitrogens with zero attached hydrogens (tertiary/aromatic N) is 1.